The van der Waals surface area contributed by atoms with E-state index in [0.717, 1.165) is 27.8 Å². The first-order valence-corrected chi connectivity index (χ1v) is 10.2. The number of thioether (sulfide) groups is 1. The minimum Gasteiger partial charge on any atom is -0.497 e. The molecule has 0 spiro atoms. The van der Waals surface area contributed by atoms with E-state index in [9.17, 15) is 0 Å². The maximum atomic E-state index is 5.22. The smallest absolute Gasteiger partial charge is 0.212 e. The van der Waals surface area contributed by atoms with E-state index in [-0.39, 0.29) is 0 Å². The summed E-state index contributed by atoms with van der Waals surface area (Å²) in [7, 11) is 1.66. The van der Waals surface area contributed by atoms with Crippen LogP contribution in [0.25, 0.3) is 11.4 Å². The van der Waals surface area contributed by atoms with E-state index >= 15 is 0 Å². The van der Waals surface area contributed by atoms with E-state index < -0.39 is 0 Å². The third-order valence-corrected chi connectivity index (χ3v) is 5.28. The summed E-state index contributed by atoms with van der Waals surface area (Å²) < 4.78 is 7.02. The second kappa shape index (κ2) is 9.21. The summed E-state index contributed by atoms with van der Waals surface area (Å²) in [4.78, 5) is 0. The van der Waals surface area contributed by atoms with Crippen molar-refractivity contribution in [3.8, 4) is 17.1 Å². The van der Waals surface area contributed by atoms with Gasteiger partial charge in [0.25, 0.3) is 0 Å². The molecule has 0 amide bonds. The fraction of sp³-hybridized carbons (Fsp3) is 0.0870. The summed E-state index contributed by atoms with van der Waals surface area (Å²) >= 11 is 1.61. The molecule has 29 heavy (non-hydrogen) atoms. The SMILES string of the molecule is COc1ccc(/C=N\n2c(SCc3ccccc3)nnc2-c2ccccc2)cc1. The van der Waals surface area contributed by atoms with Gasteiger partial charge in [-0.05, 0) is 35.4 Å². The second-order valence-electron chi connectivity index (χ2n) is 6.28. The molecule has 0 bridgehead atoms. The fourth-order valence-corrected chi connectivity index (χ4v) is 3.61. The summed E-state index contributed by atoms with van der Waals surface area (Å²) in [5.41, 5.74) is 3.17. The number of rotatable bonds is 7. The van der Waals surface area contributed by atoms with Crippen molar-refractivity contribution in [1.29, 1.82) is 0 Å². The van der Waals surface area contributed by atoms with Crippen molar-refractivity contribution in [3.05, 3.63) is 96.1 Å². The molecule has 4 aromatic rings. The topological polar surface area (TPSA) is 52.3 Å². The van der Waals surface area contributed by atoms with Crippen LogP contribution in [0.2, 0.25) is 0 Å². The van der Waals surface area contributed by atoms with E-state index in [0.29, 0.717) is 5.82 Å². The van der Waals surface area contributed by atoms with Crippen LogP contribution >= 0.6 is 11.8 Å². The van der Waals surface area contributed by atoms with E-state index in [4.69, 9.17) is 4.74 Å². The van der Waals surface area contributed by atoms with Crippen LogP contribution in [-0.2, 0) is 5.75 Å². The molecule has 1 aromatic heterocycles. The van der Waals surface area contributed by atoms with Crippen LogP contribution in [0.5, 0.6) is 5.75 Å². The van der Waals surface area contributed by atoms with Crippen LogP contribution in [0, 0.1) is 0 Å². The van der Waals surface area contributed by atoms with Gasteiger partial charge in [-0.25, -0.2) is 0 Å². The van der Waals surface area contributed by atoms with Crippen molar-refractivity contribution in [2.75, 3.05) is 7.11 Å². The Balaban J connectivity index is 1.64. The van der Waals surface area contributed by atoms with Crippen molar-refractivity contribution in [1.82, 2.24) is 14.9 Å². The Morgan fingerprint density at radius 2 is 1.59 bits per heavy atom. The van der Waals surface area contributed by atoms with E-state index in [2.05, 4.69) is 27.4 Å². The zero-order chi connectivity index (χ0) is 19.9. The Morgan fingerprint density at radius 1 is 0.897 bits per heavy atom. The van der Waals surface area contributed by atoms with Gasteiger partial charge in [0.2, 0.25) is 5.16 Å². The lowest BCUT2D eigenvalue weighted by Gasteiger charge is -2.05. The average molecular weight is 401 g/mol. The van der Waals surface area contributed by atoms with Crippen LogP contribution in [0.3, 0.4) is 0 Å². The minimum absolute atomic E-state index is 0.714. The summed E-state index contributed by atoms with van der Waals surface area (Å²) in [5.74, 6) is 2.33. The van der Waals surface area contributed by atoms with Gasteiger partial charge in [-0.2, -0.15) is 9.78 Å². The number of nitrogens with zero attached hydrogens (tertiary/aromatic N) is 4. The first-order valence-electron chi connectivity index (χ1n) is 9.19. The maximum absolute atomic E-state index is 5.22. The fourth-order valence-electron chi connectivity index (χ4n) is 2.76. The van der Waals surface area contributed by atoms with Gasteiger partial charge >= 0.3 is 0 Å². The van der Waals surface area contributed by atoms with Crippen LogP contribution in [-0.4, -0.2) is 28.2 Å². The Hall–Kier alpha value is -3.38. The lowest BCUT2D eigenvalue weighted by atomic mass is 10.2. The molecule has 5 nitrogen and oxygen atoms in total. The van der Waals surface area contributed by atoms with Crippen molar-refractivity contribution < 1.29 is 4.74 Å². The first kappa shape index (κ1) is 19.0. The summed E-state index contributed by atoms with van der Waals surface area (Å²) in [6, 6.07) is 28.0. The van der Waals surface area contributed by atoms with Crippen molar-refractivity contribution in [2.24, 2.45) is 5.10 Å². The van der Waals surface area contributed by atoms with E-state index in [1.165, 1.54) is 5.56 Å². The Labute approximate surface area is 174 Å². The molecule has 0 aliphatic rings. The zero-order valence-corrected chi connectivity index (χ0v) is 16.8. The van der Waals surface area contributed by atoms with Crippen LogP contribution in [0.1, 0.15) is 11.1 Å². The highest BCUT2D eigenvalue weighted by Crippen LogP contribution is 2.26. The molecule has 0 N–H and O–H groups in total. The number of methoxy groups -OCH3 is 1. The number of hydrogen-bond donors (Lipinski definition) is 0. The highest BCUT2D eigenvalue weighted by Gasteiger charge is 2.14. The zero-order valence-electron chi connectivity index (χ0n) is 16.0. The molecule has 4 rings (SSSR count). The first-order chi connectivity index (χ1) is 14.3. The van der Waals surface area contributed by atoms with E-state index in [1.807, 2.05) is 79.0 Å². The number of ether oxygens (including phenoxy) is 1. The third kappa shape index (κ3) is 4.73. The molecule has 6 heteroatoms. The van der Waals surface area contributed by atoms with E-state index in [1.54, 1.807) is 23.5 Å². The van der Waals surface area contributed by atoms with Crippen molar-refractivity contribution in [3.63, 3.8) is 0 Å². The molecule has 0 aliphatic heterocycles. The van der Waals surface area contributed by atoms with Gasteiger partial charge in [-0.3, -0.25) is 0 Å². The van der Waals surface area contributed by atoms with Crippen molar-refractivity contribution >= 4 is 18.0 Å². The molecule has 0 atom stereocenters. The molecule has 0 saturated heterocycles. The van der Waals surface area contributed by atoms with Gasteiger partial charge in [0, 0.05) is 11.3 Å². The van der Waals surface area contributed by atoms with Gasteiger partial charge in [0.1, 0.15) is 5.75 Å². The summed E-state index contributed by atoms with van der Waals surface area (Å²) in [5, 5.41) is 14.2. The summed E-state index contributed by atoms with van der Waals surface area (Å²) in [6.07, 6.45) is 1.81. The molecule has 144 valence electrons. The molecular formula is C23H20N4OS. The van der Waals surface area contributed by atoms with Gasteiger partial charge in [-0.15, -0.1) is 10.2 Å². The van der Waals surface area contributed by atoms with Gasteiger partial charge < -0.3 is 4.74 Å². The second-order valence-corrected chi connectivity index (χ2v) is 7.22. The Bertz CT molecular complexity index is 1080. The minimum atomic E-state index is 0.714. The number of aromatic nitrogens is 3. The van der Waals surface area contributed by atoms with Gasteiger partial charge in [0.15, 0.2) is 5.82 Å². The van der Waals surface area contributed by atoms with Crippen LogP contribution < -0.4 is 4.74 Å². The quantitative estimate of drug-likeness (QED) is 0.319. The monoisotopic (exact) mass is 400 g/mol. The Kier molecular flexibility index (Phi) is 6.02. The number of benzene rings is 3. The lowest BCUT2D eigenvalue weighted by molar-refractivity contribution is 0.415. The molecule has 0 fully saturated rings. The van der Waals surface area contributed by atoms with Crippen molar-refractivity contribution in [2.45, 2.75) is 10.9 Å². The van der Waals surface area contributed by atoms with Crippen LogP contribution in [0.15, 0.2) is 95.2 Å². The molecular weight excluding hydrogens is 380 g/mol. The predicted octanol–water partition coefficient (Wildman–Crippen LogP) is 5.13. The maximum Gasteiger partial charge on any atom is 0.212 e. The van der Waals surface area contributed by atoms with Crippen LogP contribution in [0.4, 0.5) is 0 Å². The summed E-state index contributed by atoms with van der Waals surface area (Å²) in [6.45, 7) is 0. The molecule has 1 heterocycles. The largest absolute Gasteiger partial charge is 0.497 e. The van der Waals surface area contributed by atoms with Gasteiger partial charge in [-0.1, -0.05) is 72.4 Å². The average Bonchev–Trinajstić information content (AvgIpc) is 3.20. The normalized spacial score (nSPS) is 11.1. The third-order valence-electron chi connectivity index (χ3n) is 4.29. The highest BCUT2D eigenvalue weighted by molar-refractivity contribution is 7.98. The molecule has 0 unspecified atom stereocenters. The Morgan fingerprint density at radius 3 is 2.28 bits per heavy atom. The lowest BCUT2D eigenvalue weighted by Crippen LogP contribution is -1.97. The van der Waals surface area contributed by atoms with Gasteiger partial charge in [0.05, 0.1) is 13.3 Å². The highest BCUT2D eigenvalue weighted by atomic mass is 32.2. The molecule has 0 radical (unpaired) electrons. The number of hydrogen-bond acceptors (Lipinski definition) is 5. The standard InChI is InChI=1S/C23H20N4OS/c1-28-21-14-12-18(13-15-21)16-24-27-22(20-10-6-3-7-11-20)25-26-23(27)29-17-19-8-4-2-5-9-19/h2-16H,17H2,1H3/b24-16-. The molecule has 0 aliphatic carbocycles. The molecule has 3 aromatic carbocycles. The molecule has 0 saturated carbocycles. The predicted molar refractivity (Wildman–Crippen MR) is 117 cm³/mol.